The van der Waals surface area contributed by atoms with Crippen molar-refractivity contribution >= 4 is 39.5 Å². The zero-order valence-corrected chi connectivity index (χ0v) is 52.8. The number of unbranched alkanes of at least 4 members (excludes halogenated alkanes) is 36. The molecule has 0 aliphatic carbocycles. The summed E-state index contributed by atoms with van der Waals surface area (Å²) in [4.78, 5) is 71.8. The van der Waals surface area contributed by atoms with Gasteiger partial charge in [-0.15, -0.1) is 0 Å². The maximum absolute atomic E-state index is 12.9. The van der Waals surface area contributed by atoms with Crippen molar-refractivity contribution in [1.82, 2.24) is 0 Å². The van der Waals surface area contributed by atoms with Gasteiger partial charge >= 0.3 is 39.5 Å². The van der Waals surface area contributed by atoms with Crippen LogP contribution >= 0.6 is 15.6 Å². The first kappa shape index (κ1) is 78.1. The Morgan fingerprint density at radius 1 is 0.300 bits per heavy atom. The lowest BCUT2D eigenvalue weighted by molar-refractivity contribution is -0.161. The summed E-state index contributed by atoms with van der Waals surface area (Å²) in [6.45, 7) is 4.79. The number of rotatable bonds is 62. The summed E-state index contributed by atoms with van der Waals surface area (Å²) in [7, 11) is -9.87. The van der Waals surface area contributed by atoms with Crippen molar-refractivity contribution in [2.24, 2.45) is 0 Å². The summed E-state index contributed by atoms with van der Waals surface area (Å²) in [5, 5.41) is 10.5. The highest BCUT2D eigenvalue weighted by Gasteiger charge is 2.30. The summed E-state index contributed by atoms with van der Waals surface area (Å²) in [5.41, 5.74) is 0. The first-order chi connectivity index (χ1) is 38.7. The smallest absolute Gasteiger partial charge is 0.462 e. The van der Waals surface area contributed by atoms with Crippen molar-refractivity contribution < 1.29 is 80.2 Å². The molecular weight excluding hydrogens is 1070 g/mol. The number of carbonyl (C=O) groups excluding carboxylic acids is 4. The van der Waals surface area contributed by atoms with Crippen LogP contribution in [0.1, 0.15) is 310 Å². The van der Waals surface area contributed by atoms with Crippen molar-refractivity contribution in [3.05, 3.63) is 0 Å². The fourth-order valence-corrected chi connectivity index (χ4v) is 10.7. The molecule has 0 bridgehead atoms. The van der Waals surface area contributed by atoms with E-state index in [9.17, 15) is 43.2 Å². The van der Waals surface area contributed by atoms with E-state index < -0.39 is 97.5 Å². The number of hydrogen-bond acceptors (Lipinski definition) is 15. The zero-order valence-electron chi connectivity index (χ0n) is 51.0. The monoisotopic (exact) mass is 1180 g/mol. The summed E-state index contributed by atoms with van der Waals surface area (Å²) in [6, 6.07) is 0. The number of carbonyl (C=O) groups is 4. The molecule has 5 atom stereocenters. The Balaban J connectivity index is 5.17. The molecule has 0 saturated carbocycles. The molecule has 2 unspecified atom stereocenters. The summed E-state index contributed by atoms with van der Waals surface area (Å²) >= 11 is 0. The average Bonchev–Trinajstić information content (AvgIpc) is 3.43. The van der Waals surface area contributed by atoms with Crippen molar-refractivity contribution in [1.29, 1.82) is 0 Å². The molecule has 0 aromatic rings. The molecule has 0 aromatic carbocycles. The molecule has 0 spiro atoms. The molecule has 0 rings (SSSR count). The van der Waals surface area contributed by atoms with E-state index in [0.29, 0.717) is 25.7 Å². The number of esters is 4. The molecule has 80 heavy (non-hydrogen) atoms. The summed E-state index contributed by atoms with van der Waals surface area (Å²) in [5.74, 6) is -2.14. The van der Waals surface area contributed by atoms with Gasteiger partial charge in [0.25, 0.3) is 0 Å². The molecule has 0 heterocycles. The fraction of sp³-hybridized carbons (Fsp3) is 0.934. The van der Waals surface area contributed by atoms with Crippen LogP contribution in [0.15, 0.2) is 0 Å². The van der Waals surface area contributed by atoms with Gasteiger partial charge in [-0.3, -0.25) is 37.3 Å². The maximum atomic E-state index is 12.9. The lowest BCUT2D eigenvalue weighted by Gasteiger charge is -2.21. The van der Waals surface area contributed by atoms with E-state index in [1.807, 2.05) is 0 Å². The largest absolute Gasteiger partial charge is 0.472 e. The number of phosphoric acid groups is 2. The SMILES string of the molecule is CCCCCCCCCCCCCCC(=O)OC[C@H](COP(=O)(O)OC[C@@H](O)COP(=O)(O)OC[C@@H](COC(=O)CCCCCCC)OC(=O)CCCCCCCCCCCCC)OC(=O)CCCCCCCCCCCCCC. The number of hydrogen-bond donors (Lipinski definition) is 3. The molecule has 17 nitrogen and oxygen atoms in total. The summed E-state index contributed by atoms with van der Waals surface area (Å²) < 4.78 is 67.7. The van der Waals surface area contributed by atoms with Crippen LogP contribution in [0.25, 0.3) is 0 Å². The van der Waals surface area contributed by atoms with Gasteiger partial charge in [0.2, 0.25) is 0 Å². The minimum Gasteiger partial charge on any atom is -0.462 e. The van der Waals surface area contributed by atoms with E-state index in [1.54, 1.807) is 0 Å². The molecule has 0 aliphatic heterocycles. The van der Waals surface area contributed by atoms with Gasteiger partial charge in [0, 0.05) is 25.7 Å². The first-order valence-corrected chi connectivity index (χ1v) is 35.3. The molecular formula is C61H118O17P2. The molecule has 0 fully saturated rings. The Morgan fingerprint density at radius 2 is 0.500 bits per heavy atom. The second kappa shape index (κ2) is 56.2. The lowest BCUT2D eigenvalue weighted by Crippen LogP contribution is -2.30. The number of ether oxygens (including phenoxy) is 4. The quantitative estimate of drug-likeness (QED) is 0.0222. The second-order valence-corrected chi connectivity index (χ2v) is 25.0. The highest BCUT2D eigenvalue weighted by molar-refractivity contribution is 7.47. The van der Waals surface area contributed by atoms with E-state index >= 15 is 0 Å². The van der Waals surface area contributed by atoms with Crippen molar-refractivity contribution in [2.45, 2.75) is 329 Å². The first-order valence-electron chi connectivity index (χ1n) is 32.3. The summed E-state index contributed by atoms with van der Waals surface area (Å²) in [6.07, 6.45) is 40.5. The van der Waals surface area contributed by atoms with Crippen LogP contribution in [0, 0.1) is 0 Å². The molecule has 0 amide bonds. The van der Waals surface area contributed by atoms with Crippen LogP contribution < -0.4 is 0 Å². The van der Waals surface area contributed by atoms with Gasteiger partial charge in [-0.2, -0.15) is 0 Å². The fourth-order valence-electron chi connectivity index (χ4n) is 9.10. The number of aliphatic hydroxyl groups is 1. The van der Waals surface area contributed by atoms with Gasteiger partial charge in [-0.1, -0.05) is 259 Å². The number of phosphoric ester groups is 2. The van der Waals surface area contributed by atoms with E-state index in [-0.39, 0.29) is 25.7 Å². The van der Waals surface area contributed by atoms with E-state index in [4.69, 9.17) is 37.0 Å². The predicted molar refractivity (Wildman–Crippen MR) is 317 cm³/mol. The Morgan fingerprint density at radius 3 is 0.738 bits per heavy atom. The lowest BCUT2D eigenvalue weighted by atomic mass is 10.0. The van der Waals surface area contributed by atoms with Crippen LogP contribution in [0.5, 0.6) is 0 Å². The van der Waals surface area contributed by atoms with Gasteiger partial charge in [0.1, 0.15) is 19.3 Å². The Kier molecular flexibility index (Phi) is 54.8. The Labute approximate surface area is 486 Å². The van der Waals surface area contributed by atoms with E-state index in [2.05, 4.69) is 27.7 Å². The third-order valence-corrected chi connectivity index (χ3v) is 16.0. The molecule has 19 heteroatoms. The average molecular weight is 1190 g/mol. The van der Waals surface area contributed by atoms with Crippen LogP contribution in [0.4, 0.5) is 0 Å². The predicted octanol–water partition coefficient (Wildman–Crippen LogP) is 16.8. The second-order valence-electron chi connectivity index (χ2n) is 22.1. The molecule has 0 aromatic heterocycles. The molecule has 0 radical (unpaired) electrons. The van der Waals surface area contributed by atoms with Gasteiger partial charge in [-0.25, -0.2) is 9.13 Å². The van der Waals surface area contributed by atoms with Crippen molar-refractivity contribution in [3.63, 3.8) is 0 Å². The maximum Gasteiger partial charge on any atom is 0.472 e. The van der Waals surface area contributed by atoms with Gasteiger partial charge < -0.3 is 33.8 Å². The van der Waals surface area contributed by atoms with E-state index in [0.717, 1.165) is 96.3 Å². The molecule has 474 valence electrons. The highest BCUT2D eigenvalue weighted by atomic mass is 31.2. The highest BCUT2D eigenvalue weighted by Crippen LogP contribution is 2.45. The van der Waals surface area contributed by atoms with Crippen LogP contribution in [0.3, 0.4) is 0 Å². The van der Waals surface area contributed by atoms with E-state index in [1.165, 1.54) is 135 Å². The van der Waals surface area contributed by atoms with Crippen LogP contribution in [-0.2, 0) is 65.4 Å². The third-order valence-electron chi connectivity index (χ3n) is 14.1. The van der Waals surface area contributed by atoms with Crippen molar-refractivity contribution in [2.75, 3.05) is 39.6 Å². The van der Waals surface area contributed by atoms with Gasteiger partial charge in [0.15, 0.2) is 12.2 Å². The minimum absolute atomic E-state index is 0.106. The molecule has 0 saturated heterocycles. The van der Waals surface area contributed by atoms with Crippen LogP contribution in [-0.4, -0.2) is 96.7 Å². The van der Waals surface area contributed by atoms with Gasteiger partial charge in [-0.05, 0) is 25.7 Å². The molecule has 0 aliphatic rings. The topological polar surface area (TPSA) is 237 Å². The standard InChI is InChI=1S/C61H118O17P2/c1-5-9-13-17-20-23-26-29-31-34-38-42-46-59(64)72-52-57(78-61(66)48-44-40-36-33-30-27-24-21-18-14-10-6-2)54-76-80(69,70)74-50-55(62)49-73-79(67,68)75-53-56(51-71-58(63)45-41-37-16-12-8-4)77-60(65)47-43-39-35-32-28-25-22-19-15-11-7-3/h55-57,62H,5-54H2,1-4H3,(H,67,68)(H,69,70)/t55-,56+,57+/m0/s1. The minimum atomic E-state index is -4.94. The number of aliphatic hydroxyl groups excluding tert-OH is 1. The Bertz CT molecular complexity index is 1550. The zero-order chi connectivity index (χ0) is 59.1. The van der Waals surface area contributed by atoms with Crippen molar-refractivity contribution in [3.8, 4) is 0 Å². The third kappa shape index (κ3) is 55.3. The Hall–Kier alpha value is -1.94. The normalized spacial score (nSPS) is 14.2. The van der Waals surface area contributed by atoms with Crippen LogP contribution in [0.2, 0.25) is 0 Å². The van der Waals surface area contributed by atoms with Gasteiger partial charge in [0.05, 0.1) is 26.4 Å². The molecule has 3 N–H and O–H groups in total.